The highest BCUT2D eigenvalue weighted by Gasteiger charge is 2.13. The Labute approximate surface area is 158 Å². The van der Waals surface area contributed by atoms with Crippen LogP contribution in [0.1, 0.15) is 17.0 Å². The van der Waals surface area contributed by atoms with Gasteiger partial charge in [0, 0.05) is 28.5 Å². The summed E-state index contributed by atoms with van der Waals surface area (Å²) in [5.74, 6) is 0.782. The number of fused-ring (bicyclic) bond motifs is 1. The van der Waals surface area contributed by atoms with Gasteiger partial charge in [-0.15, -0.1) is 0 Å². The highest BCUT2D eigenvalue weighted by atomic mass is 16.5. The number of aromatic nitrogens is 3. The van der Waals surface area contributed by atoms with E-state index in [-0.39, 0.29) is 0 Å². The Bertz CT molecular complexity index is 1110. The smallest absolute Gasteiger partial charge is 0.142 e. The average Bonchev–Trinajstić information content (AvgIpc) is 3.00. The molecular formula is C22H22N4O. The molecule has 5 heteroatoms. The normalized spacial score (nSPS) is 11.0. The molecule has 27 heavy (non-hydrogen) atoms. The van der Waals surface area contributed by atoms with Gasteiger partial charge in [0.2, 0.25) is 0 Å². The third-order valence-corrected chi connectivity index (χ3v) is 4.79. The van der Waals surface area contributed by atoms with E-state index < -0.39 is 0 Å². The zero-order valence-electron chi connectivity index (χ0n) is 15.9. The molecule has 5 nitrogen and oxygen atoms in total. The van der Waals surface area contributed by atoms with Crippen molar-refractivity contribution in [3.63, 3.8) is 0 Å². The predicted octanol–water partition coefficient (Wildman–Crippen LogP) is 5.30. The molecule has 0 unspecified atom stereocenters. The van der Waals surface area contributed by atoms with Crippen molar-refractivity contribution in [1.82, 2.24) is 15.2 Å². The maximum atomic E-state index is 5.66. The van der Waals surface area contributed by atoms with Gasteiger partial charge in [0.05, 0.1) is 24.0 Å². The number of nitrogens with zero attached hydrogens (tertiary/aromatic N) is 2. The van der Waals surface area contributed by atoms with Gasteiger partial charge in [-0.25, -0.2) is 0 Å². The molecular weight excluding hydrogens is 336 g/mol. The zero-order chi connectivity index (χ0) is 19.0. The van der Waals surface area contributed by atoms with Crippen LogP contribution in [0.25, 0.3) is 22.0 Å². The van der Waals surface area contributed by atoms with Crippen LogP contribution in [0.3, 0.4) is 0 Å². The number of aromatic amines is 1. The minimum atomic E-state index is 0.782. The van der Waals surface area contributed by atoms with Gasteiger partial charge in [-0.1, -0.05) is 18.2 Å². The van der Waals surface area contributed by atoms with Crippen molar-refractivity contribution in [2.75, 3.05) is 12.4 Å². The maximum absolute atomic E-state index is 5.66. The predicted molar refractivity (Wildman–Crippen MR) is 110 cm³/mol. The van der Waals surface area contributed by atoms with Crippen LogP contribution < -0.4 is 10.1 Å². The molecule has 0 aliphatic rings. The summed E-state index contributed by atoms with van der Waals surface area (Å²) in [4.78, 5) is 4.47. The number of pyridine rings is 1. The molecule has 0 radical (unpaired) electrons. The van der Waals surface area contributed by atoms with Crippen molar-refractivity contribution in [3.05, 3.63) is 65.6 Å². The lowest BCUT2D eigenvalue weighted by Gasteiger charge is -2.14. The molecule has 2 heterocycles. The van der Waals surface area contributed by atoms with Crippen molar-refractivity contribution in [3.8, 4) is 16.9 Å². The molecule has 0 bridgehead atoms. The van der Waals surface area contributed by atoms with E-state index in [9.17, 15) is 0 Å². The van der Waals surface area contributed by atoms with Crippen molar-refractivity contribution < 1.29 is 4.74 Å². The lowest BCUT2D eigenvalue weighted by molar-refractivity contribution is 0.417. The molecule has 4 aromatic rings. The minimum Gasteiger partial charge on any atom is -0.495 e. The fourth-order valence-electron chi connectivity index (χ4n) is 3.44. The van der Waals surface area contributed by atoms with Gasteiger partial charge < -0.3 is 10.1 Å². The first-order chi connectivity index (χ1) is 13.1. The SMILES string of the molecule is COc1cc(-c2c(C)n[nH]c2C)ccc1Nc1ccnc2cc(C)ccc12. The second-order valence-electron chi connectivity index (χ2n) is 6.73. The Morgan fingerprint density at radius 3 is 2.56 bits per heavy atom. The highest BCUT2D eigenvalue weighted by Crippen LogP contribution is 2.36. The molecule has 2 N–H and O–H groups in total. The monoisotopic (exact) mass is 358 g/mol. The lowest BCUT2D eigenvalue weighted by atomic mass is 10.0. The molecule has 2 aromatic heterocycles. The first kappa shape index (κ1) is 17.1. The number of rotatable bonds is 4. The fourth-order valence-corrected chi connectivity index (χ4v) is 3.44. The summed E-state index contributed by atoms with van der Waals surface area (Å²) < 4.78 is 5.66. The molecule has 0 saturated heterocycles. The Hall–Kier alpha value is -3.34. The fraction of sp³-hybridized carbons (Fsp3) is 0.182. The van der Waals surface area contributed by atoms with Crippen LogP contribution in [0.15, 0.2) is 48.7 Å². The van der Waals surface area contributed by atoms with Crippen LogP contribution in [-0.2, 0) is 0 Å². The molecule has 0 atom stereocenters. The van der Waals surface area contributed by atoms with Crippen molar-refractivity contribution >= 4 is 22.3 Å². The number of methoxy groups -OCH3 is 1. The van der Waals surface area contributed by atoms with Gasteiger partial charge in [0.1, 0.15) is 5.75 Å². The van der Waals surface area contributed by atoms with E-state index >= 15 is 0 Å². The van der Waals surface area contributed by atoms with Crippen LogP contribution >= 0.6 is 0 Å². The Kier molecular flexibility index (Phi) is 4.28. The first-order valence-electron chi connectivity index (χ1n) is 8.89. The van der Waals surface area contributed by atoms with Gasteiger partial charge in [-0.3, -0.25) is 10.1 Å². The maximum Gasteiger partial charge on any atom is 0.142 e. The molecule has 0 fully saturated rings. The molecule has 4 rings (SSSR count). The van der Waals surface area contributed by atoms with Crippen LogP contribution in [0.2, 0.25) is 0 Å². The molecule has 0 spiro atoms. The van der Waals surface area contributed by atoms with Crippen molar-refractivity contribution in [2.24, 2.45) is 0 Å². The quantitative estimate of drug-likeness (QED) is 0.519. The summed E-state index contributed by atoms with van der Waals surface area (Å²) in [5, 5.41) is 11.9. The van der Waals surface area contributed by atoms with Gasteiger partial charge in [0.15, 0.2) is 0 Å². The van der Waals surface area contributed by atoms with Crippen LogP contribution in [-0.4, -0.2) is 22.3 Å². The van der Waals surface area contributed by atoms with E-state index in [1.54, 1.807) is 7.11 Å². The molecule has 136 valence electrons. The van der Waals surface area contributed by atoms with E-state index in [1.807, 2.05) is 38.2 Å². The molecule has 0 aliphatic carbocycles. The Balaban J connectivity index is 1.75. The first-order valence-corrected chi connectivity index (χ1v) is 8.89. The Morgan fingerprint density at radius 1 is 0.963 bits per heavy atom. The van der Waals surface area contributed by atoms with E-state index in [2.05, 4.69) is 51.7 Å². The van der Waals surface area contributed by atoms with E-state index in [4.69, 9.17) is 4.74 Å². The molecule has 0 amide bonds. The number of anilines is 2. The van der Waals surface area contributed by atoms with Gasteiger partial charge >= 0.3 is 0 Å². The van der Waals surface area contributed by atoms with E-state index in [0.29, 0.717) is 0 Å². The summed E-state index contributed by atoms with van der Waals surface area (Å²) in [6.45, 7) is 6.10. The second-order valence-corrected chi connectivity index (χ2v) is 6.73. The number of benzene rings is 2. The zero-order valence-corrected chi connectivity index (χ0v) is 15.9. The number of hydrogen-bond acceptors (Lipinski definition) is 4. The minimum absolute atomic E-state index is 0.782. The summed E-state index contributed by atoms with van der Waals surface area (Å²) in [6, 6.07) is 14.4. The summed E-state index contributed by atoms with van der Waals surface area (Å²) in [7, 11) is 1.69. The van der Waals surface area contributed by atoms with Gasteiger partial charge in [0.25, 0.3) is 0 Å². The number of H-pyrrole nitrogens is 1. The lowest BCUT2D eigenvalue weighted by Crippen LogP contribution is -1.97. The Morgan fingerprint density at radius 2 is 1.81 bits per heavy atom. The van der Waals surface area contributed by atoms with Gasteiger partial charge in [-0.05, 0) is 56.2 Å². The summed E-state index contributed by atoms with van der Waals surface area (Å²) >= 11 is 0. The third-order valence-electron chi connectivity index (χ3n) is 4.79. The summed E-state index contributed by atoms with van der Waals surface area (Å²) in [6.07, 6.45) is 1.82. The number of hydrogen-bond donors (Lipinski definition) is 2. The highest BCUT2D eigenvalue weighted by molar-refractivity contribution is 5.93. The summed E-state index contributed by atoms with van der Waals surface area (Å²) in [5.41, 5.74) is 8.30. The van der Waals surface area contributed by atoms with Crippen LogP contribution in [0.5, 0.6) is 5.75 Å². The number of aryl methyl sites for hydroxylation is 3. The number of ether oxygens (including phenoxy) is 1. The number of nitrogens with one attached hydrogen (secondary N) is 2. The van der Waals surface area contributed by atoms with Crippen LogP contribution in [0.4, 0.5) is 11.4 Å². The molecule has 0 saturated carbocycles. The largest absolute Gasteiger partial charge is 0.495 e. The third kappa shape index (κ3) is 3.12. The second kappa shape index (κ2) is 6.76. The average molecular weight is 358 g/mol. The van der Waals surface area contributed by atoms with Gasteiger partial charge in [-0.2, -0.15) is 5.10 Å². The van der Waals surface area contributed by atoms with E-state index in [0.717, 1.165) is 50.5 Å². The van der Waals surface area contributed by atoms with Crippen molar-refractivity contribution in [1.29, 1.82) is 0 Å². The van der Waals surface area contributed by atoms with E-state index in [1.165, 1.54) is 5.56 Å². The molecule has 2 aromatic carbocycles. The topological polar surface area (TPSA) is 62.8 Å². The van der Waals surface area contributed by atoms with Crippen LogP contribution in [0, 0.1) is 20.8 Å². The molecule has 0 aliphatic heterocycles. The van der Waals surface area contributed by atoms with Crippen molar-refractivity contribution in [2.45, 2.75) is 20.8 Å². The standard InChI is InChI=1S/C22H22N4O/c1-13-5-7-17-18(9-10-23-20(17)11-13)24-19-8-6-16(12-21(19)27-4)22-14(2)25-26-15(22)3/h5-12H,1-4H3,(H,23,24)(H,25,26).